The summed E-state index contributed by atoms with van der Waals surface area (Å²) in [7, 11) is 0. The normalized spacial score (nSPS) is 15.8. The van der Waals surface area contributed by atoms with E-state index in [9.17, 15) is 9.90 Å². The molecule has 0 spiro atoms. The maximum absolute atomic E-state index is 11.3. The molecule has 0 amide bonds. The second-order valence-corrected chi connectivity index (χ2v) is 8.36. The van der Waals surface area contributed by atoms with Crippen LogP contribution in [0, 0.1) is 6.92 Å². The lowest BCUT2D eigenvalue weighted by Gasteiger charge is -2.38. The third-order valence-electron chi connectivity index (χ3n) is 5.68. The molecule has 3 aromatic heterocycles. The van der Waals surface area contributed by atoms with Crippen molar-refractivity contribution in [1.29, 1.82) is 0 Å². The summed E-state index contributed by atoms with van der Waals surface area (Å²) in [6, 6.07) is 13.4. The van der Waals surface area contributed by atoms with E-state index >= 15 is 0 Å². The van der Waals surface area contributed by atoms with Gasteiger partial charge < -0.3 is 14.4 Å². The van der Waals surface area contributed by atoms with Crippen LogP contribution >= 0.6 is 11.6 Å². The Morgan fingerprint density at radius 3 is 2.74 bits per heavy atom. The van der Waals surface area contributed by atoms with E-state index < -0.39 is 12.0 Å². The minimum atomic E-state index is -0.797. The van der Waals surface area contributed by atoms with Gasteiger partial charge in [-0.05, 0) is 54.3 Å². The second kappa shape index (κ2) is 7.71. The molecule has 0 saturated carbocycles. The summed E-state index contributed by atoms with van der Waals surface area (Å²) < 4.78 is 2.06. The molecule has 1 fully saturated rings. The molecule has 1 saturated heterocycles. The fourth-order valence-electron chi connectivity index (χ4n) is 4.09. The van der Waals surface area contributed by atoms with E-state index in [4.69, 9.17) is 11.6 Å². The molecule has 156 valence electrons. The summed E-state index contributed by atoms with van der Waals surface area (Å²) in [5.41, 5.74) is 6.09. The van der Waals surface area contributed by atoms with Crippen molar-refractivity contribution in [2.24, 2.45) is 0 Å². The van der Waals surface area contributed by atoms with Crippen LogP contribution < -0.4 is 4.90 Å². The van der Waals surface area contributed by atoms with Gasteiger partial charge >= 0.3 is 5.97 Å². The molecule has 1 N–H and O–H groups in total. The number of rotatable bonds is 5. The highest BCUT2D eigenvalue weighted by atomic mass is 35.5. The topological polar surface area (TPSA) is 70.7 Å². The number of nitrogens with zero attached hydrogens (tertiary/aromatic N) is 4. The first kappa shape index (κ1) is 19.6. The number of anilines is 1. The van der Waals surface area contributed by atoms with Crippen LogP contribution in [0.4, 0.5) is 5.82 Å². The molecule has 1 aliphatic heterocycles. The number of pyridine rings is 2. The average molecular weight is 433 g/mol. The Morgan fingerprint density at radius 1 is 1.19 bits per heavy atom. The van der Waals surface area contributed by atoms with Crippen molar-refractivity contribution in [1.82, 2.24) is 14.4 Å². The molecule has 0 aliphatic carbocycles. The highest BCUT2D eigenvalue weighted by molar-refractivity contribution is 6.30. The molecule has 0 bridgehead atoms. The number of hydrogen-bond acceptors (Lipinski definition) is 4. The van der Waals surface area contributed by atoms with E-state index in [1.54, 1.807) is 0 Å². The predicted octanol–water partition coefficient (Wildman–Crippen LogP) is 4.61. The highest BCUT2D eigenvalue weighted by Crippen LogP contribution is 2.29. The zero-order valence-corrected chi connectivity index (χ0v) is 17.8. The number of benzene rings is 1. The lowest BCUT2D eigenvalue weighted by Crippen LogP contribution is -2.52. The number of carboxylic acid groups (broad SMARTS) is 1. The first-order valence-electron chi connectivity index (χ1n) is 10.2. The van der Waals surface area contributed by atoms with Crippen LogP contribution in [0.15, 0.2) is 61.1 Å². The maximum Gasteiger partial charge on any atom is 0.326 e. The number of imidazole rings is 1. The lowest BCUT2D eigenvalue weighted by atomic mass is 10.0. The summed E-state index contributed by atoms with van der Waals surface area (Å²) in [6.45, 7) is 2.71. The van der Waals surface area contributed by atoms with Crippen LogP contribution in [-0.2, 0) is 11.2 Å². The predicted molar refractivity (Wildman–Crippen MR) is 121 cm³/mol. The fourth-order valence-corrected chi connectivity index (χ4v) is 4.28. The Kier molecular flexibility index (Phi) is 4.87. The quantitative estimate of drug-likeness (QED) is 0.498. The number of hydrogen-bond donors (Lipinski definition) is 1. The third kappa shape index (κ3) is 3.75. The SMILES string of the molecule is Cc1cn2cc(Cc3ccc(N4CCC4C(=O)O)nc3)cc(-c3cccc(Cl)c3)c2n1. The van der Waals surface area contributed by atoms with Gasteiger partial charge in [0.15, 0.2) is 0 Å². The molecule has 1 aromatic carbocycles. The van der Waals surface area contributed by atoms with Crippen molar-refractivity contribution in [3.05, 3.63) is 82.9 Å². The molecule has 31 heavy (non-hydrogen) atoms. The Hall–Kier alpha value is -3.38. The van der Waals surface area contributed by atoms with E-state index in [2.05, 4.69) is 26.6 Å². The van der Waals surface area contributed by atoms with E-state index in [-0.39, 0.29) is 0 Å². The van der Waals surface area contributed by atoms with Crippen LogP contribution in [0.5, 0.6) is 0 Å². The first-order chi connectivity index (χ1) is 15.0. The number of aromatic nitrogens is 3. The summed E-state index contributed by atoms with van der Waals surface area (Å²) in [5.74, 6) is -0.0858. The van der Waals surface area contributed by atoms with Gasteiger partial charge in [0.2, 0.25) is 0 Å². The van der Waals surface area contributed by atoms with Gasteiger partial charge in [-0.25, -0.2) is 14.8 Å². The largest absolute Gasteiger partial charge is 0.480 e. The summed E-state index contributed by atoms with van der Waals surface area (Å²) in [5, 5.41) is 9.94. The standard InChI is InChI=1S/C24H21ClN4O2/c1-15-13-28-14-17(10-20(23(28)27-15)18-3-2-4-19(25)11-18)9-16-5-6-22(26-12-16)29-8-7-21(29)24(30)31/h2-6,10-14,21H,7-9H2,1H3,(H,30,31). The van der Waals surface area contributed by atoms with Crippen molar-refractivity contribution < 1.29 is 9.90 Å². The number of carbonyl (C=O) groups is 1. The van der Waals surface area contributed by atoms with Crippen molar-refractivity contribution >= 4 is 29.0 Å². The molecule has 5 rings (SSSR count). The molecule has 1 unspecified atom stereocenters. The summed E-state index contributed by atoms with van der Waals surface area (Å²) in [4.78, 5) is 22.3. The van der Waals surface area contributed by atoms with Gasteiger partial charge in [-0.2, -0.15) is 0 Å². The van der Waals surface area contributed by atoms with Crippen LogP contribution in [0.3, 0.4) is 0 Å². The number of fused-ring (bicyclic) bond motifs is 1. The maximum atomic E-state index is 11.3. The van der Waals surface area contributed by atoms with E-state index in [1.807, 2.05) is 60.6 Å². The number of halogens is 1. The van der Waals surface area contributed by atoms with Crippen LogP contribution in [0.25, 0.3) is 16.8 Å². The van der Waals surface area contributed by atoms with E-state index in [1.165, 1.54) is 0 Å². The van der Waals surface area contributed by atoms with Gasteiger partial charge in [0.05, 0.1) is 5.69 Å². The van der Waals surface area contributed by atoms with E-state index in [0.29, 0.717) is 23.7 Å². The zero-order chi connectivity index (χ0) is 21.5. The molecule has 1 aliphatic rings. The Morgan fingerprint density at radius 2 is 2.06 bits per heavy atom. The molecule has 6 nitrogen and oxygen atoms in total. The molecule has 7 heteroatoms. The molecule has 4 heterocycles. The van der Waals surface area contributed by atoms with Gasteiger partial charge in [0.1, 0.15) is 17.5 Å². The summed E-state index contributed by atoms with van der Waals surface area (Å²) in [6.07, 6.45) is 7.30. The highest BCUT2D eigenvalue weighted by Gasteiger charge is 2.34. The Bertz CT molecular complexity index is 1280. The minimum Gasteiger partial charge on any atom is -0.480 e. The van der Waals surface area contributed by atoms with Crippen molar-refractivity contribution in [2.45, 2.75) is 25.8 Å². The van der Waals surface area contributed by atoms with Crippen LogP contribution in [0.2, 0.25) is 5.02 Å². The smallest absolute Gasteiger partial charge is 0.326 e. The number of carboxylic acids is 1. The summed E-state index contributed by atoms with van der Waals surface area (Å²) >= 11 is 6.23. The Labute approximate surface area is 184 Å². The molecular formula is C24H21ClN4O2. The van der Waals surface area contributed by atoms with Gasteiger partial charge in [-0.3, -0.25) is 0 Å². The first-order valence-corrected chi connectivity index (χ1v) is 10.5. The molecular weight excluding hydrogens is 412 g/mol. The molecule has 4 aromatic rings. The zero-order valence-electron chi connectivity index (χ0n) is 17.0. The lowest BCUT2D eigenvalue weighted by molar-refractivity contribution is -0.140. The average Bonchev–Trinajstić information content (AvgIpc) is 3.07. The van der Waals surface area contributed by atoms with Gasteiger partial charge in [-0.15, -0.1) is 0 Å². The Balaban J connectivity index is 1.46. The van der Waals surface area contributed by atoms with Gasteiger partial charge in [-0.1, -0.05) is 29.8 Å². The van der Waals surface area contributed by atoms with Crippen molar-refractivity contribution in [3.8, 4) is 11.1 Å². The van der Waals surface area contributed by atoms with E-state index in [0.717, 1.165) is 40.1 Å². The van der Waals surface area contributed by atoms with Gasteiger partial charge in [0.25, 0.3) is 0 Å². The molecule has 0 radical (unpaired) electrons. The molecule has 1 atom stereocenters. The number of aryl methyl sites for hydroxylation is 1. The fraction of sp³-hybridized carbons (Fsp3) is 0.208. The monoisotopic (exact) mass is 432 g/mol. The minimum absolute atomic E-state index is 0.467. The third-order valence-corrected chi connectivity index (χ3v) is 5.92. The number of aliphatic carboxylic acids is 1. The van der Waals surface area contributed by atoms with Crippen LogP contribution in [-0.4, -0.2) is 38.0 Å². The second-order valence-electron chi connectivity index (χ2n) is 7.92. The van der Waals surface area contributed by atoms with Crippen LogP contribution in [0.1, 0.15) is 23.2 Å². The van der Waals surface area contributed by atoms with Crippen molar-refractivity contribution in [2.75, 3.05) is 11.4 Å². The van der Waals surface area contributed by atoms with Gasteiger partial charge in [0, 0.05) is 42.1 Å². The van der Waals surface area contributed by atoms with Crippen molar-refractivity contribution in [3.63, 3.8) is 0 Å².